The number of hydrogen-bond acceptors (Lipinski definition) is 7. The third kappa shape index (κ3) is 5.38. The number of hydroxylamine groups is 1. The molecule has 9 heteroatoms. The highest BCUT2D eigenvalue weighted by Gasteiger charge is 2.19. The van der Waals surface area contributed by atoms with Gasteiger partial charge in [-0.1, -0.05) is 31.2 Å². The molecule has 0 fully saturated rings. The first kappa shape index (κ1) is 23.0. The normalized spacial score (nSPS) is 11.9. The van der Waals surface area contributed by atoms with Crippen molar-refractivity contribution in [3.05, 3.63) is 47.0 Å². The zero-order chi connectivity index (χ0) is 22.1. The van der Waals surface area contributed by atoms with Gasteiger partial charge in [-0.15, -0.1) is 5.10 Å². The molecule has 0 unspecified atom stereocenters. The van der Waals surface area contributed by atoms with Gasteiger partial charge < -0.3 is 21.5 Å². The van der Waals surface area contributed by atoms with Crippen molar-refractivity contribution in [3.8, 4) is 0 Å². The van der Waals surface area contributed by atoms with E-state index < -0.39 is 5.91 Å². The molecule has 1 aromatic heterocycles. The van der Waals surface area contributed by atoms with Gasteiger partial charge in [0.05, 0.1) is 0 Å². The minimum Gasteiger partial charge on any atom is -0.371 e. The maximum atomic E-state index is 11.1. The Labute approximate surface area is 177 Å². The van der Waals surface area contributed by atoms with E-state index in [4.69, 9.17) is 10.6 Å². The summed E-state index contributed by atoms with van der Waals surface area (Å²) in [6.07, 6.45) is 5.03. The maximum Gasteiger partial charge on any atom is 0.267 e. The molecule has 1 heterocycles. The Balaban J connectivity index is 2.11. The van der Waals surface area contributed by atoms with Crippen LogP contribution in [0.3, 0.4) is 0 Å². The van der Waals surface area contributed by atoms with Crippen LogP contribution in [0.25, 0.3) is 6.08 Å². The van der Waals surface area contributed by atoms with Crippen molar-refractivity contribution in [2.24, 2.45) is 0 Å². The van der Waals surface area contributed by atoms with Crippen molar-refractivity contribution in [3.63, 3.8) is 0 Å². The van der Waals surface area contributed by atoms with E-state index in [0.717, 1.165) is 34.7 Å². The molecule has 0 aliphatic carbocycles. The molecule has 9 nitrogen and oxygen atoms in total. The van der Waals surface area contributed by atoms with E-state index in [1.54, 1.807) is 23.4 Å². The van der Waals surface area contributed by atoms with Crippen LogP contribution in [-0.2, 0) is 11.2 Å². The van der Waals surface area contributed by atoms with Crippen molar-refractivity contribution < 1.29 is 10.0 Å². The standard InChI is InChI=1S/C21H31N7O2/c1-5-16(15-9-6-14(7-10-15)8-13-19(29)27-30)18(22)12-11-17-20(23-2)26-28(25-4)21(17)24-3/h6-10,13,16,22,24-25,30H,5,11-12H2,1-4H3,(H,23,26)(H,27,29)/b13-8+,22-18?/t16-/m0/s1. The molecule has 0 radical (unpaired) electrons. The lowest BCUT2D eigenvalue weighted by Gasteiger charge is -2.17. The zero-order valence-corrected chi connectivity index (χ0v) is 17.9. The molecule has 6 N–H and O–H groups in total. The highest BCUT2D eigenvalue weighted by molar-refractivity contribution is 5.91. The number of benzene rings is 1. The maximum absolute atomic E-state index is 11.1. The smallest absolute Gasteiger partial charge is 0.267 e. The Morgan fingerprint density at radius 3 is 2.47 bits per heavy atom. The summed E-state index contributed by atoms with van der Waals surface area (Å²) >= 11 is 0. The van der Waals surface area contributed by atoms with Gasteiger partial charge in [-0.2, -0.15) is 4.79 Å². The average molecular weight is 414 g/mol. The molecule has 2 aromatic rings. The van der Waals surface area contributed by atoms with Crippen LogP contribution >= 0.6 is 0 Å². The van der Waals surface area contributed by atoms with E-state index >= 15 is 0 Å². The van der Waals surface area contributed by atoms with Crippen LogP contribution in [0, 0.1) is 5.41 Å². The van der Waals surface area contributed by atoms with Crippen molar-refractivity contribution in [1.82, 2.24) is 15.4 Å². The van der Waals surface area contributed by atoms with Gasteiger partial charge in [-0.25, -0.2) is 5.48 Å². The molecular formula is C21H31N7O2. The summed E-state index contributed by atoms with van der Waals surface area (Å²) in [5, 5.41) is 28.0. The molecule has 2 rings (SSSR count). The van der Waals surface area contributed by atoms with E-state index in [1.807, 2.05) is 38.4 Å². The van der Waals surface area contributed by atoms with E-state index in [-0.39, 0.29) is 5.92 Å². The number of amides is 1. The molecule has 0 spiro atoms. The van der Waals surface area contributed by atoms with Crippen LogP contribution in [0.4, 0.5) is 11.6 Å². The molecule has 0 bridgehead atoms. The van der Waals surface area contributed by atoms with Crippen LogP contribution in [0.1, 0.15) is 42.4 Å². The van der Waals surface area contributed by atoms with Crippen LogP contribution in [-0.4, -0.2) is 47.9 Å². The fourth-order valence-electron chi connectivity index (χ4n) is 3.47. The van der Waals surface area contributed by atoms with Crippen LogP contribution in [0.5, 0.6) is 0 Å². The average Bonchev–Trinajstić information content (AvgIpc) is 3.13. The van der Waals surface area contributed by atoms with E-state index in [1.165, 1.54) is 6.08 Å². The lowest BCUT2D eigenvalue weighted by Crippen LogP contribution is -2.15. The summed E-state index contributed by atoms with van der Waals surface area (Å²) in [6, 6.07) is 7.77. The van der Waals surface area contributed by atoms with E-state index in [0.29, 0.717) is 18.6 Å². The third-order valence-corrected chi connectivity index (χ3v) is 5.02. The summed E-state index contributed by atoms with van der Waals surface area (Å²) in [5.41, 5.74) is 8.21. The zero-order valence-electron chi connectivity index (χ0n) is 17.9. The third-order valence-electron chi connectivity index (χ3n) is 5.02. The Hall–Kier alpha value is -3.33. The second-order valence-corrected chi connectivity index (χ2v) is 6.77. The Kier molecular flexibility index (Phi) is 8.42. The first-order chi connectivity index (χ1) is 14.5. The second-order valence-electron chi connectivity index (χ2n) is 6.77. The van der Waals surface area contributed by atoms with Crippen molar-refractivity contribution in [1.29, 1.82) is 5.41 Å². The Morgan fingerprint density at radius 1 is 1.23 bits per heavy atom. The molecule has 1 aromatic carbocycles. The molecule has 0 aliphatic heterocycles. The van der Waals surface area contributed by atoms with E-state index in [9.17, 15) is 4.79 Å². The number of hydrogen-bond donors (Lipinski definition) is 6. The van der Waals surface area contributed by atoms with E-state index in [2.05, 4.69) is 28.1 Å². The summed E-state index contributed by atoms with van der Waals surface area (Å²) in [6.45, 7) is 2.08. The van der Waals surface area contributed by atoms with Gasteiger partial charge in [0, 0.05) is 44.4 Å². The number of nitrogens with zero attached hydrogens (tertiary/aromatic N) is 2. The lowest BCUT2D eigenvalue weighted by molar-refractivity contribution is -0.124. The van der Waals surface area contributed by atoms with Gasteiger partial charge in [-0.3, -0.25) is 10.0 Å². The quantitative estimate of drug-likeness (QED) is 0.146. The molecule has 0 saturated heterocycles. The summed E-state index contributed by atoms with van der Waals surface area (Å²) in [4.78, 5) is 12.8. The first-order valence-electron chi connectivity index (χ1n) is 9.93. The molecule has 1 atom stereocenters. The largest absolute Gasteiger partial charge is 0.371 e. The van der Waals surface area contributed by atoms with Gasteiger partial charge in [0.2, 0.25) is 0 Å². The summed E-state index contributed by atoms with van der Waals surface area (Å²) in [5.74, 6) is 1.12. The van der Waals surface area contributed by atoms with Crippen molar-refractivity contribution in [2.45, 2.75) is 32.1 Å². The molecule has 0 saturated carbocycles. The number of anilines is 2. The molecule has 162 valence electrons. The minimum absolute atomic E-state index is 0.0270. The molecule has 30 heavy (non-hydrogen) atoms. The predicted octanol–water partition coefficient (Wildman–Crippen LogP) is 2.80. The Morgan fingerprint density at radius 2 is 1.93 bits per heavy atom. The van der Waals surface area contributed by atoms with Crippen LogP contribution in [0.2, 0.25) is 0 Å². The number of aromatic nitrogens is 2. The number of carbonyl (C=O) groups excluding carboxylic acids is 1. The van der Waals surface area contributed by atoms with Gasteiger partial charge in [-0.05, 0) is 36.5 Å². The highest BCUT2D eigenvalue weighted by atomic mass is 16.5. The molecular weight excluding hydrogens is 382 g/mol. The number of rotatable bonds is 11. The van der Waals surface area contributed by atoms with Crippen molar-refractivity contribution >= 4 is 29.3 Å². The number of nitrogens with one attached hydrogen (secondary N) is 5. The molecule has 1 amide bonds. The van der Waals surface area contributed by atoms with Crippen LogP contribution in [0.15, 0.2) is 30.3 Å². The van der Waals surface area contributed by atoms with Gasteiger partial charge in [0.25, 0.3) is 5.91 Å². The van der Waals surface area contributed by atoms with Gasteiger partial charge in [0.15, 0.2) is 11.6 Å². The topological polar surface area (TPSA) is 127 Å². The Bertz CT molecular complexity index is 888. The highest BCUT2D eigenvalue weighted by Crippen LogP contribution is 2.28. The lowest BCUT2D eigenvalue weighted by atomic mass is 9.88. The fraction of sp³-hybridized carbons (Fsp3) is 0.381. The van der Waals surface area contributed by atoms with Gasteiger partial charge >= 0.3 is 0 Å². The summed E-state index contributed by atoms with van der Waals surface area (Å²) < 4.78 is 0. The first-order valence-corrected chi connectivity index (χ1v) is 9.93. The summed E-state index contributed by atoms with van der Waals surface area (Å²) in [7, 11) is 5.50. The fourth-order valence-corrected chi connectivity index (χ4v) is 3.47. The molecule has 0 aliphatic rings. The van der Waals surface area contributed by atoms with Gasteiger partial charge in [0.1, 0.15) is 0 Å². The van der Waals surface area contributed by atoms with Crippen LogP contribution < -0.4 is 21.5 Å². The second kappa shape index (κ2) is 11.0. The minimum atomic E-state index is -0.573. The SMILES string of the molecule is CC[C@H](C(=N)CCc1c(NC)nn(NC)c1NC)c1ccc(/C=C/C(=O)NO)cc1. The van der Waals surface area contributed by atoms with Crippen molar-refractivity contribution in [2.75, 3.05) is 37.2 Å². The number of carbonyl (C=O) groups is 1. The predicted molar refractivity (Wildman–Crippen MR) is 121 cm³/mol. The monoisotopic (exact) mass is 413 g/mol.